The van der Waals surface area contributed by atoms with Crippen molar-refractivity contribution in [3.05, 3.63) is 64.5 Å². The molecule has 2 aromatic heterocycles. The average Bonchev–Trinajstić information content (AvgIpc) is 3.30. The summed E-state index contributed by atoms with van der Waals surface area (Å²) in [7, 11) is 0. The molecular weight excluding hydrogens is 395 g/mol. The van der Waals surface area contributed by atoms with Crippen LogP contribution in [0.5, 0.6) is 0 Å². The summed E-state index contributed by atoms with van der Waals surface area (Å²) in [5.41, 5.74) is 1.53. The zero-order valence-electron chi connectivity index (χ0n) is 13.1. The first kappa shape index (κ1) is 17.0. The molecule has 0 unspecified atom stereocenters. The fourth-order valence-electron chi connectivity index (χ4n) is 2.20. The third-order valence-electron chi connectivity index (χ3n) is 3.42. The van der Waals surface area contributed by atoms with Gasteiger partial charge in [0.15, 0.2) is 0 Å². The van der Waals surface area contributed by atoms with Crippen molar-refractivity contribution in [2.45, 2.75) is 10.9 Å². The summed E-state index contributed by atoms with van der Waals surface area (Å²) >= 11 is 13.5. The summed E-state index contributed by atoms with van der Waals surface area (Å²) in [5, 5.41) is 17.6. The molecule has 4 rings (SSSR count). The lowest BCUT2D eigenvalue weighted by molar-refractivity contribution is 0.391. The van der Waals surface area contributed by atoms with Gasteiger partial charge in [0.1, 0.15) is 0 Å². The Balaban J connectivity index is 1.50. The van der Waals surface area contributed by atoms with Crippen molar-refractivity contribution < 1.29 is 4.52 Å². The van der Waals surface area contributed by atoms with Crippen LogP contribution in [-0.4, -0.2) is 30.3 Å². The molecule has 4 aromatic rings. The molecule has 0 saturated heterocycles. The summed E-state index contributed by atoms with van der Waals surface area (Å²) in [6.45, 7) is 0. The lowest BCUT2D eigenvalue weighted by atomic mass is 10.2. The van der Waals surface area contributed by atoms with Crippen LogP contribution in [0.4, 0.5) is 0 Å². The van der Waals surface area contributed by atoms with Gasteiger partial charge in [-0.2, -0.15) is 9.67 Å². The number of thioether (sulfide) groups is 1. The van der Waals surface area contributed by atoms with Gasteiger partial charge in [0.05, 0.1) is 16.5 Å². The predicted octanol–water partition coefficient (Wildman–Crippen LogP) is 4.31. The van der Waals surface area contributed by atoms with Gasteiger partial charge >= 0.3 is 0 Å². The fourth-order valence-corrected chi connectivity index (χ4v) is 3.28. The Morgan fingerprint density at radius 2 is 1.85 bits per heavy atom. The van der Waals surface area contributed by atoms with Crippen LogP contribution in [0.15, 0.2) is 58.2 Å². The lowest BCUT2D eigenvalue weighted by Crippen LogP contribution is -1.98. The van der Waals surface area contributed by atoms with Gasteiger partial charge in [0.25, 0.3) is 0 Å². The van der Waals surface area contributed by atoms with E-state index in [1.807, 2.05) is 30.3 Å². The maximum Gasteiger partial charge on any atom is 0.237 e. The van der Waals surface area contributed by atoms with Crippen molar-refractivity contribution in [1.29, 1.82) is 0 Å². The van der Waals surface area contributed by atoms with Crippen LogP contribution >= 0.6 is 35.0 Å². The van der Waals surface area contributed by atoms with Crippen LogP contribution in [-0.2, 0) is 5.75 Å². The molecule has 10 heteroatoms. The van der Waals surface area contributed by atoms with E-state index in [0.717, 1.165) is 11.3 Å². The van der Waals surface area contributed by atoms with Gasteiger partial charge in [0, 0.05) is 10.6 Å². The summed E-state index contributed by atoms with van der Waals surface area (Å²) in [4.78, 5) is 4.38. The van der Waals surface area contributed by atoms with E-state index in [1.165, 1.54) is 11.8 Å². The largest absolute Gasteiger partial charge is 0.338 e. The topological polar surface area (TPSA) is 82.5 Å². The number of benzene rings is 2. The monoisotopic (exact) mass is 404 g/mol. The van der Waals surface area contributed by atoms with Gasteiger partial charge in [-0.15, -0.1) is 5.10 Å². The Morgan fingerprint density at radius 1 is 1.04 bits per heavy atom. The minimum absolute atomic E-state index is 0.422. The van der Waals surface area contributed by atoms with Crippen molar-refractivity contribution in [3.63, 3.8) is 0 Å². The number of rotatable bonds is 5. The first-order chi connectivity index (χ1) is 12.7. The highest BCUT2D eigenvalue weighted by Gasteiger charge is 2.14. The number of hydrogen-bond donors (Lipinski definition) is 0. The third-order valence-corrected chi connectivity index (χ3v) is 4.91. The van der Waals surface area contributed by atoms with Crippen molar-refractivity contribution in [2.75, 3.05) is 0 Å². The first-order valence-corrected chi connectivity index (χ1v) is 9.19. The van der Waals surface area contributed by atoms with Crippen LogP contribution < -0.4 is 0 Å². The normalized spacial score (nSPS) is 11.0. The van der Waals surface area contributed by atoms with Crippen LogP contribution in [0.1, 0.15) is 5.89 Å². The van der Waals surface area contributed by atoms with Crippen LogP contribution in [0.3, 0.4) is 0 Å². The molecule has 0 spiro atoms. The Kier molecular flexibility index (Phi) is 4.87. The minimum Gasteiger partial charge on any atom is -0.338 e. The quantitative estimate of drug-likeness (QED) is 0.458. The standard InChI is InChI=1S/C16H10Cl2N6OS/c17-10-5-7-11(8-6-10)24-16(20-22-23-24)26-9-14-19-15(21-25-14)12-3-1-2-4-13(12)18/h1-8H,9H2. The zero-order valence-corrected chi connectivity index (χ0v) is 15.4. The van der Waals surface area contributed by atoms with Gasteiger partial charge in [-0.1, -0.05) is 52.3 Å². The van der Waals surface area contributed by atoms with Gasteiger partial charge in [-0.05, 0) is 46.8 Å². The van der Waals surface area contributed by atoms with Crippen LogP contribution in [0.2, 0.25) is 10.0 Å². The second-order valence-electron chi connectivity index (χ2n) is 5.13. The average molecular weight is 405 g/mol. The Bertz CT molecular complexity index is 1030. The van der Waals surface area contributed by atoms with E-state index >= 15 is 0 Å². The maximum absolute atomic E-state index is 6.16. The molecule has 0 aliphatic rings. The number of nitrogens with zero attached hydrogens (tertiary/aromatic N) is 6. The third kappa shape index (κ3) is 3.57. The predicted molar refractivity (Wildman–Crippen MR) is 98.5 cm³/mol. The lowest BCUT2D eigenvalue weighted by Gasteiger charge is -2.02. The highest BCUT2D eigenvalue weighted by Crippen LogP contribution is 2.27. The maximum atomic E-state index is 6.16. The Hall–Kier alpha value is -2.42. The summed E-state index contributed by atoms with van der Waals surface area (Å²) in [6.07, 6.45) is 0. The van der Waals surface area contributed by atoms with Gasteiger partial charge in [-0.25, -0.2) is 0 Å². The molecule has 0 aliphatic carbocycles. The van der Waals surface area contributed by atoms with Crippen LogP contribution in [0, 0.1) is 0 Å². The number of halogens is 2. The zero-order chi connectivity index (χ0) is 17.9. The van der Waals surface area contributed by atoms with Crippen LogP contribution in [0.25, 0.3) is 17.1 Å². The SMILES string of the molecule is Clc1ccc(-n2nnnc2SCc2nc(-c3ccccc3Cl)no2)cc1. The molecule has 0 amide bonds. The number of hydrogen-bond acceptors (Lipinski definition) is 7. The molecule has 0 saturated carbocycles. The summed E-state index contributed by atoms with van der Waals surface area (Å²) in [5.74, 6) is 1.32. The fraction of sp³-hybridized carbons (Fsp3) is 0.0625. The van der Waals surface area contributed by atoms with E-state index < -0.39 is 0 Å². The van der Waals surface area contributed by atoms with Gasteiger partial charge < -0.3 is 4.52 Å². The van der Waals surface area contributed by atoms with Crippen molar-refractivity contribution in [3.8, 4) is 17.1 Å². The van der Waals surface area contributed by atoms with E-state index in [-0.39, 0.29) is 0 Å². The molecule has 0 radical (unpaired) electrons. The van der Waals surface area contributed by atoms with Gasteiger partial charge in [-0.3, -0.25) is 0 Å². The number of tetrazole rings is 1. The van der Waals surface area contributed by atoms with Crippen molar-refractivity contribution in [1.82, 2.24) is 30.3 Å². The smallest absolute Gasteiger partial charge is 0.237 e. The van der Waals surface area contributed by atoms with E-state index in [2.05, 4.69) is 25.7 Å². The van der Waals surface area contributed by atoms with E-state index in [0.29, 0.717) is 32.7 Å². The molecule has 0 fully saturated rings. The van der Waals surface area contributed by atoms with Crippen molar-refractivity contribution in [2.24, 2.45) is 0 Å². The molecule has 0 bridgehead atoms. The molecule has 0 N–H and O–H groups in total. The number of aromatic nitrogens is 6. The second kappa shape index (κ2) is 7.45. The Labute approximate surface area is 162 Å². The molecule has 7 nitrogen and oxygen atoms in total. The van der Waals surface area contributed by atoms with Gasteiger partial charge in [0.2, 0.25) is 16.9 Å². The highest BCUT2D eigenvalue weighted by atomic mass is 35.5. The summed E-state index contributed by atoms with van der Waals surface area (Å²) < 4.78 is 6.92. The first-order valence-electron chi connectivity index (χ1n) is 7.45. The Morgan fingerprint density at radius 3 is 2.65 bits per heavy atom. The minimum atomic E-state index is 0.422. The molecule has 2 aromatic carbocycles. The van der Waals surface area contributed by atoms with E-state index in [4.69, 9.17) is 27.7 Å². The molecular formula is C16H10Cl2N6OS. The summed E-state index contributed by atoms with van der Waals surface area (Å²) in [6, 6.07) is 14.6. The van der Waals surface area contributed by atoms with E-state index in [9.17, 15) is 0 Å². The second-order valence-corrected chi connectivity index (χ2v) is 6.92. The van der Waals surface area contributed by atoms with Crippen molar-refractivity contribution >= 4 is 35.0 Å². The molecule has 2 heterocycles. The molecule has 26 heavy (non-hydrogen) atoms. The molecule has 0 atom stereocenters. The molecule has 0 aliphatic heterocycles. The highest BCUT2D eigenvalue weighted by molar-refractivity contribution is 7.98. The molecule has 130 valence electrons. The van der Waals surface area contributed by atoms with E-state index in [1.54, 1.807) is 22.9 Å².